The van der Waals surface area contributed by atoms with Gasteiger partial charge in [-0.2, -0.15) is 0 Å². The topological polar surface area (TPSA) is 32.5 Å². The van der Waals surface area contributed by atoms with Crippen molar-refractivity contribution in [1.82, 2.24) is 0 Å². The number of rotatable bonds is 7. The van der Waals surface area contributed by atoms with Crippen LogP contribution in [0, 0.1) is 13.8 Å². The average molecular weight is 566 g/mol. The average Bonchev–Trinajstić information content (AvgIpc) is 3.01. The molecule has 0 aromatic heterocycles. The molecule has 0 saturated heterocycles. The zero-order valence-corrected chi connectivity index (χ0v) is 24.5. The van der Waals surface area contributed by atoms with Crippen molar-refractivity contribution < 1.29 is 0 Å². The first kappa shape index (κ1) is 27.2. The van der Waals surface area contributed by atoms with Crippen molar-refractivity contribution in [3.05, 3.63) is 162 Å². The molecule has 42 heavy (non-hydrogen) atoms. The predicted octanol–water partition coefficient (Wildman–Crippen LogP) is 11.1. The Bertz CT molecular complexity index is 1780. The molecule has 0 aliphatic heterocycles. The predicted molar refractivity (Wildman–Crippen MR) is 180 cm³/mol. The highest BCUT2D eigenvalue weighted by molar-refractivity contribution is 6.31. The second kappa shape index (κ2) is 11.9. The number of halogens is 1. The minimum absolute atomic E-state index is 0.658. The van der Waals surface area contributed by atoms with Crippen LogP contribution in [0.4, 0.5) is 39.8 Å². The first-order chi connectivity index (χ1) is 20.5. The molecule has 0 aliphatic rings. The summed E-state index contributed by atoms with van der Waals surface area (Å²) in [5, 5.41) is 0.658. The van der Waals surface area contributed by atoms with Gasteiger partial charge in [0.15, 0.2) is 0 Å². The third-order valence-corrected chi connectivity index (χ3v) is 7.68. The Labute approximate surface area is 253 Å². The van der Waals surface area contributed by atoms with Crippen molar-refractivity contribution in [2.24, 2.45) is 0 Å². The van der Waals surface area contributed by atoms with Gasteiger partial charge in [-0.3, -0.25) is 0 Å². The van der Waals surface area contributed by atoms with Gasteiger partial charge in [-0.15, -0.1) is 0 Å². The standard InChI is InChI=1S/C38H32ClN3/c1-27-11-9-10-16-37(27)42(38-23-30(18-17-28(38)2)29-19-21-32(40)22-20-29)36-25-31(39)24-35(26-36)41(33-12-5-3-6-13-33)34-14-7-4-8-15-34/h3-26H,40H2,1-2H3. The lowest BCUT2D eigenvalue weighted by Gasteiger charge is -2.31. The zero-order chi connectivity index (χ0) is 29.1. The molecule has 0 aliphatic carbocycles. The summed E-state index contributed by atoms with van der Waals surface area (Å²) in [5.41, 5.74) is 17.5. The molecular weight excluding hydrogens is 534 g/mol. The number of hydrogen-bond acceptors (Lipinski definition) is 3. The molecule has 0 spiro atoms. The Hall–Kier alpha value is -4.99. The lowest BCUT2D eigenvalue weighted by Crippen LogP contribution is -2.15. The van der Waals surface area contributed by atoms with Gasteiger partial charge in [-0.1, -0.05) is 90.5 Å². The van der Waals surface area contributed by atoms with Gasteiger partial charge < -0.3 is 15.5 Å². The van der Waals surface area contributed by atoms with E-state index in [0.717, 1.165) is 56.5 Å². The summed E-state index contributed by atoms with van der Waals surface area (Å²) >= 11 is 6.94. The molecule has 6 aromatic carbocycles. The first-order valence-corrected chi connectivity index (χ1v) is 14.4. The van der Waals surface area contributed by atoms with Crippen LogP contribution in [0.1, 0.15) is 11.1 Å². The number of anilines is 7. The Balaban J connectivity index is 1.56. The lowest BCUT2D eigenvalue weighted by molar-refractivity contribution is 1.21. The van der Waals surface area contributed by atoms with E-state index in [-0.39, 0.29) is 0 Å². The Morgan fingerprint density at radius 3 is 1.60 bits per heavy atom. The highest BCUT2D eigenvalue weighted by atomic mass is 35.5. The Morgan fingerprint density at radius 1 is 0.452 bits per heavy atom. The monoisotopic (exact) mass is 565 g/mol. The zero-order valence-electron chi connectivity index (χ0n) is 23.7. The summed E-state index contributed by atoms with van der Waals surface area (Å²) in [4.78, 5) is 4.55. The highest BCUT2D eigenvalue weighted by Crippen LogP contribution is 2.44. The number of benzene rings is 6. The number of nitrogens with two attached hydrogens (primary N) is 1. The molecule has 2 N–H and O–H groups in total. The van der Waals surface area contributed by atoms with Crippen molar-refractivity contribution in [2.45, 2.75) is 13.8 Å². The molecule has 4 heteroatoms. The van der Waals surface area contributed by atoms with Crippen LogP contribution in [-0.2, 0) is 0 Å². The summed E-state index contributed by atoms with van der Waals surface area (Å²) < 4.78 is 0. The fraction of sp³-hybridized carbons (Fsp3) is 0.0526. The molecule has 6 rings (SSSR count). The summed E-state index contributed by atoms with van der Waals surface area (Å²) in [6.07, 6.45) is 0. The molecule has 0 saturated carbocycles. The molecule has 0 bridgehead atoms. The van der Waals surface area contributed by atoms with Gasteiger partial charge in [0.25, 0.3) is 0 Å². The summed E-state index contributed by atoms with van der Waals surface area (Å²) in [7, 11) is 0. The van der Waals surface area contributed by atoms with Crippen LogP contribution in [0.25, 0.3) is 11.1 Å². The molecule has 3 nitrogen and oxygen atoms in total. The van der Waals surface area contributed by atoms with Crippen LogP contribution < -0.4 is 15.5 Å². The van der Waals surface area contributed by atoms with E-state index < -0.39 is 0 Å². The van der Waals surface area contributed by atoms with Gasteiger partial charge in [0.05, 0.1) is 0 Å². The van der Waals surface area contributed by atoms with Crippen LogP contribution in [0.2, 0.25) is 5.02 Å². The van der Waals surface area contributed by atoms with E-state index >= 15 is 0 Å². The molecule has 0 amide bonds. The molecule has 0 unspecified atom stereocenters. The van der Waals surface area contributed by atoms with E-state index in [1.165, 1.54) is 5.56 Å². The van der Waals surface area contributed by atoms with E-state index in [2.05, 4.69) is 133 Å². The largest absolute Gasteiger partial charge is 0.399 e. The minimum Gasteiger partial charge on any atom is -0.399 e. The highest BCUT2D eigenvalue weighted by Gasteiger charge is 2.21. The van der Waals surface area contributed by atoms with Gasteiger partial charge in [-0.05, 0) is 103 Å². The van der Waals surface area contributed by atoms with E-state index in [9.17, 15) is 0 Å². The third-order valence-electron chi connectivity index (χ3n) is 7.46. The van der Waals surface area contributed by atoms with E-state index in [0.29, 0.717) is 5.02 Å². The molecule has 0 radical (unpaired) electrons. The molecular formula is C38H32ClN3. The molecule has 206 valence electrons. The first-order valence-electron chi connectivity index (χ1n) is 14.0. The van der Waals surface area contributed by atoms with Crippen LogP contribution in [-0.4, -0.2) is 0 Å². The fourth-order valence-corrected chi connectivity index (χ4v) is 5.57. The van der Waals surface area contributed by atoms with Crippen molar-refractivity contribution in [1.29, 1.82) is 0 Å². The summed E-state index contributed by atoms with van der Waals surface area (Å²) in [5.74, 6) is 0. The van der Waals surface area contributed by atoms with Crippen molar-refractivity contribution in [2.75, 3.05) is 15.5 Å². The van der Waals surface area contributed by atoms with Crippen molar-refractivity contribution in [3.8, 4) is 11.1 Å². The molecule has 0 heterocycles. The normalized spacial score (nSPS) is 10.8. The van der Waals surface area contributed by atoms with E-state index in [1.54, 1.807) is 0 Å². The van der Waals surface area contributed by atoms with E-state index in [4.69, 9.17) is 17.3 Å². The third kappa shape index (κ3) is 5.60. The SMILES string of the molecule is Cc1ccccc1N(c1cc(Cl)cc(N(c2ccccc2)c2ccccc2)c1)c1cc(-c2ccc(N)cc2)ccc1C. The summed E-state index contributed by atoms with van der Waals surface area (Å²) in [6.45, 7) is 4.30. The number of para-hydroxylation sites is 3. The quantitative estimate of drug-likeness (QED) is 0.195. The Kier molecular flexibility index (Phi) is 7.68. The van der Waals surface area contributed by atoms with Gasteiger partial charge in [0.1, 0.15) is 0 Å². The number of nitrogen functional groups attached to an aromatic ring is 1. The molecule has 6 aromatic rings. The van der Waals surface area contributed by atoms with Crippen LogP contribution in [0.5, 0.6) is 0 Å². The van der Waals surface area contributed by atoms with E-state index in [1.807, 2.05) is 36.4 Å². The Morgan fingerprint density at radius 2 is 0.976 bits per heavy atom. The number of hydrogen-bond donors (Lipinski definition) is 1. The van der Waals surface area contributed by atoms with Gasteiger partial charge in [-0.25, -0.2) is 0 Å². The minimum atomic E-state index is 0.658. The number of nitrogens with zero attached hydrogens (tertiary/aromatic N) is 2. The van der Waals surface area contributed by atoms with Gasteiger partial charge in [0, 0.05) is 44.8 Å². The number of aryl methyl sites for hydroxylation is 2. The fourth-order valence-electron chi connectivity index (χ4n) is 5.35. The van der Waals surface area contributed by atoms with Crippen LogP contribution in [0.15, 0.2) is 146 Å². The maximum absolute atomic E-state index is 6.94. The van der Waals surface area contributed by atoms with Crippen LogP contribution >= 0.6 is 11.6 Å². The van der Waals surface area contributed by atoms with Crippen molar-refractivity contribution >= 4 is 51.4 Å². The maximum Gasteiger partial charge on any atom is 0.0497 e. The summed E-state index contributed by atoms with van der Waals surface area (Å²) in [6, 6.07) is 50.1. The molecule has 0 atom stereocenters. The smallest absolute Gasteiger partial charge is 0.0497 e. The van der Waals surface area contributed by atoms with Crippen molar-refractivity contribution in [3.63, 3.8) is 0 Å². The van der Waals surface area contributed by atoms with Crippen LogP contribution in [0.3, 0.4) is 0 Å². The second-order valence-corrected chi connectivity index (χ2v) is 10.9. The molecule has 0 fully saturated rings. The second-order valence-electron chi connectivity index (χ2n) is 10.4. The van der Waals surface area contributed by atoms with Gasteiger partial charge >= 0.3 is 0 Å². The van der Waals surface area contributed by atoms with Gasteiger partial charge in [0.2, 0.25) is 0 Å². The maximum atomic E-state index is 6.94. The lowest BCUT2D eigenvalue weighted by atomic mass is 10.0.